The summed E-state index contributed by atoms with van der Waals surface area (Å²) in [5, 5.41) is 4.53. The maximum absolute atomic E-state index is 13.0. The predicted molar refractivity (Wildman–Crippen MR) is 65.6 cm³/mol. The number of hydrogen-bond acceptors (Lipinski definition) is 4. The van der Waals surface area contributed by atoms with E-state index in [-0.39, 0.29) is 17.4 Å². The van der Waals surface area contributed by atoms with Crippen molar-refractivity contribution in [3.8, 4) is 0 Å². The molecule has 2 rings (SSSR count). The second-order valence-electron chi connectivity index (χ2n) is 3.49. The van der Waals surface area contributed by atoms with E-state index in [4.69, 9.17) is 5.73 Å². The number of nitrogen functional groups attached to an aromatic ring is 1. The summed E-state index contributed by atoms with van der Waals surface area (Å²) in [7, 11) is 0. The summed E-state index contributed by atoms with van der Waals surface area (Å²) >= 11 is 1.19. The first-order chi connectivity index (χ1) is 8.06. The molecule has 2 aromatic rings. The number of carbonyl (C=O) groups is 1. The van der Waals surface area contributed by atoms with Gasteiger partial charge in [-0.3, -0.25) is 4.79 Å². The van der Waals surface area contributed by atoms with Crippen LogP contribution in [-0.4, -0.2) is 10.9 Å². The number of nitrogens with one attached hydrogen (secondary N) is 1. The van der Waals surface area contributed by atoms with Crippen LogP contribution in [0.15, 0.2) is 23.6 Å². The minimum Gasteiger partial charge on any atom is -0.375 e. The van der Waals surface area contributed by atoms with Crippen LogP contribution in [0.25, 0.3) is 0 Å². The van der Waals surface area contributed by atoms with Crippen LogP contribution in [0.1, 0.15) is 16.1 Å². The lowest BCUT2D eigenvalue weighted by atomic mass is 10.2. The molecule has 0 fully saturated rings. The molecule has 0 aliphatic heterocycles. The Morgan fingerprint density at radius 2 is 2.29 bits per heavy atom. The van der Waals surface area contributed by atoms with Gasteiger partial charge < -0.3 is 11.1 Å². The van der Waals surface area contributed by atoms with Crippen molar-refractivity contribution in [2.45, 2.75) is 6.92 Å². The molecule has 1 aromatic heterocycles. The lowest BCUT2D eigenvalue weighted by Gasteiger charge is -2.04. The molecule has 0 spiro atoms. The molecule has 0 radical (unpaired) electrons. The molecule has 0 aliphatic carbocycles. The maximum Gasteiger partial charge on any atom is 0.275 e. The molecule has 0 unspecified atom stereocenters. The zero-order valence-electron chi connectivity index (χ0n) is 9.03. The number of halogens is 1. The number of aromatic nitrogens is 1. The standard InChI is InChI=1S/C11H10FN3OS/c1-6-4-7(2-3-8(6)12)14-10(16)9-5-17-11(13)15-9/h2-5H,1H3,(H2,13,15)(H,14,16). The molecule has 1 aromatic carbocycles. The summed E-state index contributed by atoms with van der Waals surface area (Å²) in [5.74, 6) is -0.662. The molecule has 1 heterocycles. The van der Waals surface area contributed by atoms with E-state index < -0.39 is 0 Å². The first-order valence-electron chi connectivity index (χ1n) is 4.85. The molecule has 0 saturated carbocycles. The highest BCUT2D eigenvalue weighted by Crippen LogP contribution is 2.16. The number of nitrogens with two attached hydrogens (primary N) is 1. The van der Waals surface area contributed by atoms with E-state index in [1.807, 2.05) is 0 Å². The summed E-state index contributed by atoms with van der Waals surface area (Å²) in [4.78, 5) is 15.6. The largest absolute Gasteiger partial charge is 0.375 e. The molecular weight excluding hydrogens is 241 g/mol. The van der Waals surface area contributed by atoms with Crippen molar-refractivity contribution in [3.05, 3.63) is 40.7 Å². The number of anilines is 2. The smallest absolute Gasteiger partial charge is 0.275 e. The van der Waals surface area contributed by atoms with Gasteiger partial charge in [-0.05, 0) is 30.7 Å². The van der Waals surface area contributed by atoms with Crippen molar-refractivity contribution in [1.29, 1.82) is 0 Å². The van der Waals surface area contributed by atoms with Crippen LogP contribution in [-0.2, 0) is 0 Å². The Bertz CT molecular complexity index is 568. The molecule has 4 nitrogen and oxygen atoms in total. The predicted octanol–water partition coefficient (Wildman–Crippen LogP) is 2.43. The van der Waals surface area contributed by atoms with Gasteiger partial charge in [0.25, 0.3) is 5.91 Å². The van der Waals surface area contributed by atoms with Gasteiger partial charge in [-0.25, -0.2) is 9.37 Å². The minimum absolute atomic E-state index is 0.259. The van der Waals surface area contributed by atoms with E-state index >= 15 is 0 Å². The van der Waals surface area contributed by atoms with E-state index in [1.54, 1.807) is 18.4 Å². The van der Waals surface area contributed by atoms with Crippen molar-refractivity contribution in [2.24, 2.45) is 0 Å². The van der Waals surface area contributed by atoms with Gasteiger partial charge in [-0.2, -0.15) is 0 Å². The van der Waals surface area contributed by atoms with E-state index in [9.17, 15) is 9.18 Å². The first-order valence-corrected chi connectivity index (χ1v) is 5.73. The normalized spacial score (nSPS) is 10.2. The van der Waals surface area contributed by atoms with Crippen LogP contribution in [0, 0.1) is 12.7 Å². The fraction of sp³-hybridized carbons (Fsp3) is 0.0909. The highest BCUT2D eigenvalue weighted by molar-refractivity contribution is 7.13. The van der Waals surface area contributed by atoms with Gasteiger partial charge in [-0.1, -0.05) is 0 Å². The Labute approximate surface area is 101 Å². The summed E-state index contributed by atoms with van der Waals surface area (Å²) in [6.07, 6.45) is 0. The zero-order chi connectivity index (χ0) is 12.4. The van der Waals surface area contributed by atoms with Crippen molar-refractivity contribution in [2.75, 3.05) is 11.1 Å². The minimum atomic E-state index is -0.357. The number of amides is 1. The first kappa shape index (κ1) is 11.5. The van der Waals surface area contributed by atoms with Crippen LogP contribution < -0.4 is 11.1 Å². The molecule has 0 bridgehead atoms. The highest BCUT2D eigenvalue weighted by atomic mass is 32.1. The monoisotopic (exact) mass is 251 g/mol. The average Bonchev–Trinajstić information content (AvgIpc) is 2.70. The molecule has 88 valence electrons. The summed E-state index contributed by atoms with van der Waals surface area (Å²) in [6, 6.07) is 4.36. The molecular formula is C11H10FN3OS. The van der Waals surface area contributed by atoms with Gasteiger partial charge in [0.05, 0.1) is 0 Å². The van der Waals surface area contributed by atoms with Crippen LogP contribution in [0.4, 0.5) is 15.2 Å². The van der Waals surface area contributed by atoms with Gasteiger partial charge in [0, 0.05) is 11.1 Å². The topological polar surface area (TPSA) is 68.0 Å². The molecule has 0 aliphatic rings. The number of hydrogen-bond donors (Lipinski definition) is 2. The van der Waals surface area contributed by atoms with Crippen molar-refractivity contribution >= 4 is 28.1 Å². The van der Waals surface area contributed by atoms with Crippen molar-refractivity contribution in [1.82, 2.24) is 4.98 Å². The van der Waals surface area contributed by atoms with Crippen LogP contribution in [0.5, 0.6) is 0 Å². The van der Waals surface area contributed by atoms with E-state index in [0.717, 1.165) is 0 Å². The van der Waals surface area contributed by atoms with Crippen LogP contribution >= 0.6 is 11.3 Å². The molecule has 3 N–H and O–H groups in total. The Balaban J connectivity index is 2.15. The third-order valence-corrected chi connectivity index (χ3v) is 2.84. The van der Waals surface area contributed by atoms with E-state index in [1.165, 1.54) is 23.5 Å². The van der Waals surface area contributed by atoms with Crippen LogP contribution in [0.3, 0.4) is 0 Å². The van der Waals surface area contributed by atoms with E-state index in [0.29, 0.717) is 16.4 Å². The third kappa shape index (κ3) is 2.59. The van der Waals surface area contributed by atoms with Gasteiger partial charge in [0.2, 0.25) is 0 Å². The highest BCUT2D eigenvalue weighted by Gasteiger charge is 2.10. The maximum atomic E-state index is 13.0. The lowest BCUT2D eigenvalue weighted by molar-refractivity contribution is 0.102. The number of carbonyl (C=O) groups excluding carboxylic acids is 1. The SMILES string of the molecule is Cc1cc(NC(=O)c2csc(N)n2)ccc1F. The average molecular weight is 251 g/mol. The lowest BCUT2D eigenvalue weighted by Crippen LogP contribution is -2.12. The quantitative estimate of drug-likeness (QED) is 0.861. The number of thiazole rings is 1. The Morgan fingerprint density at radius 3 is 2.88 bits per heavy atom. The molecule has 0 atom stereocenters. The van der Waals surface area contributed by atoms with Gasteiger partial charge in [0.1, 0.15) is 11.5 Å². The van der Waals surface area contributed by atoms with Gasteiger partial charge >= 0.3 is 0 Å². The van der Waals surface area contributed by atoms with Crippen LogP contribution in [0.2, 0.25) is 0 Å². The number of aryl methyl sites for hydroxylation is 1. The summed E-state index contributed by atoms with van der Waals surface area (Å²) in [5.41, 5.74) is 6.69. The summed E-state index contributed by atoms with van der Waals surface area (Å²) in [6.45, 7) is 1.63. The fourth-order valence-electron chi connectivity index (χ4n) is 1.31. The third-order valence-electron chi connectivity index (χ3n) is 2.17. The molecule has 0 saturated heterocycles. The Hall–Kier alpha value is -1.95. The van der Waals surface area contributed by atoms with Crippen molar-refractivity contribution in [3.63, 3.8) is 0 Å². The van der Waals surface area contributed by atoms with E-state index in [2.05, 4.69) is 10.3 Å². The molecule has 17 heavy (non-hydrogen) atoms. The summed E-state index contributed by atoms with van der Waals surface area (Å²) < 4.78 is 13.0. The number of benzene rings is 1. The zero-order valence-corrected chi connectivity index (χ0v) is 9.84. The Kier molecular flexibility index (Phi) is 3.06. The van der Waals surface area contributed by atoms with Gasteiger partial charge in [0.15, 0.2) is 5.13 Å². The second-order valence-corrected chi connectivity index (χ2v) is 4.38. The van der Waals surface area contributed by atoms with Crippen molar-refractivity contribution < 1.29 is 9.18 Å². The number of rotatable bonds is 2. The fourth-order valence-corrected chi connectivity index (χ4v) is 1.85. The molecule has 1 amide bonds. The molecule has 6 heteroatoms. The van der Waals surface area contributed by atoms with Gasteiger partial charge in [-0.15, -0.1) is 11.3 Å². The second kappa shape index (κ2) is 4.50. The Morgan fingerprint density at radius 1 is 1.53 bits per heavy atom. The number of nitrogens with zero attached hydrogens (tertiary/aromatic N) is 1.